The molecule has 1 rings (SSSR count). The summed E-state index contributed by atoms with van der Waals surface area (Å²) in [7, 11) is 1.44. The van der Waals surface area contributed by atoms with Crippen molar-refractivity contribution in [3.63, 3.8) is 0 Å². The molecule has 0 radical (unpaired) electrons. The summed E-state index contributed by atoms with van der Waals surface area (Å²) in [4.78, 5) is 10.9. The molecule has 16 heavy (non-hydrogen) atoms. The zero-order valence-corrected chi connectivity index (χ0v) is 10.9. The van der Waals surface area contributed by atoms with Gasteiger partial charge < -0.3 is 15.2 Å². The number of benzene rings is 1. The molecule has 0 aromatic heterocycles. The van der Waals surface area contributed by atoms with Crippen LogP contribution < -0.4 is 5.32 Å². The van der Waals surface area contributed by atoms with Crippen LogP contribution in [0.5, 0.6) is 0 Å². The molecule has 6 heteroatoms. The van der Waals surface area contributed by atoms with Gasteiger partial charge in [0.05, 0.1) is 17.3 Å². The molecule has 0 saturated carbocycles. The lowest BCUT2D eigenvalue weighted by Gasteiger charge is -2.16. The SMILES string of the molecule is COCC(Nc1cc(Br)ccc1Cl)C(=O)O. The lowest BCUT2D eigenvalue weighted by molar-refractivity contribution is -0.139. The molecule has 1 aromatic rings. The molecule has 1 aromatic carbocycles. The van der Waals surface area contributed by atoms with Crippen LogP contribution >= 0.6 is 27.5 Å². The van der Waals surface area contributed by atoms with Gasteiger partial charge in [-0.25, -0.2) is 4.79 Å². The highest BCUT2D eigenvalue weighted by molar-refractivity contribution is 9.10. The summed E-state index contributed by atoms with van der Waals surface area (Å²) in [5.41, 5.74) is 0.556. The third-order valence-corrected chi connectivity index (χ3v) is 2.71. The number of hydrogen-bond acceptors (Lipinski definition) is 3. The summed E-state index contributed by atoms with van der Waals surface area (Å²) in [6.45, 7) is 0.0676. The number of halogens is 2. The fourth-order valence-corrected chi connectivity index (χ4v) is 1.67. The molecule has 1 atom stereocenters. The molecular weight excluding hydrogens is 297 g/mol. The highest BCUT2D eigenvalue weighted by atomic mass is 79.9. The average Bonchev–Trinajstić information content (AvgIpc) is 2.22. The predicted molar refractivity (Wildman–Crippen MR) is 66.1 cm³/mol. The Balaban J connectivity index is 2.84. The van der Waals surface area contributed by atoms with Crippen molar-refractivity contribution in [1.29, 1.82) is 0 Å². The predicted octanol–water partition coefficient (Wildman–Crippen LogP) is 2.61. The first-order valence-corrected chi connectivity index (χ1v) is 5.65. The van der Waals surface area contributed by atoms with Crippen LogP contribution in [0.1, 0.15) is 0 Å². The van der Waals surface area contributed by atoms with Crippen molar-refractivity contribution in [2.24, 2.45) is 0 Å². The van der Waals surface area contributed by atoms with Crippen molar-refractivity contribution in [1.82, 2.24) is 0 Å². The van der Waals surface area contributed by atoms with Gasteiger partial charge in [-0.1, -0.05) is 27.5 Å². The standard InChI is InChI=1S/C10H11BrClNO3/c1-16-5-9(10(14)15)13-8-4-6(11)2-3-7(8)12/h2-4,9,13H,5H2,1H3,(H,14,15). The van der Waals surface area contributed by atoms with Crippen molar-refractivity contribution < 1.29 is 14.6 Å². The lowest BCUT2D eigenvalue weighted by atomic mass is 10.2. The molecule has 0 aliphatic rings. The molecule has 0 aliphatic carbocycles. The normalized spacial score (nSPS) is 12.2. The summed E-state index contributed by atoms with van der Waals surface area (Å²) in [5, 5.41) is 12.2. The second kappa shape index (κ2) is 6.08. The minimum absolute atomic E-state index is 0.0676. The third-order valence-electron chi connectivity index (χ3n) is 1.89. The van der Waals surface area contributed by atoms with E-state index < -0.39 is 12.0 Å². The minimum atomic E-state index is -0.988. The van der Waals surface area contributed by atoms with Gasteiger partial charge in [0.1, 0.15) is 6.04 Å². The van der Waals surface area contributed by atoms with Crippen LogP contribution in [0.25, 0.3) is 0 Å². The van der Waals surface area contributed by atoms with E-state index in [1.54, 1.807) is 18.2 Å². The molecule has 0 saturated heterocycles. The Morgan fingerprint density at radius 2 is 2.38 bits per heavy atom. The summed E-state index contributed by atoms with van der Waals surface area (Å²) < 4.78 is 5.63. The van der Waals surface area contributed by atoms with Crippen LogP contribution in [0.4, 0.5) is 5.69 Å². The highest BCUT2D eigenvalue weighted by Crippen LogP contribution is 2.26. The molecular formula is C10H11BrClNO3. The van der Waals surface area contributed by atoms with Gasteiger partial charge in [-0.3, -0.25) is 0 Å². The molecule has 0 bridgehead atoms. The Labute approximate surface area is 107 Å². The van der Waals surface area contributed by atoms with E-state index in [1.165, 1.54) is 7.11 Å². The number of nitrogens with one attached hydrogen (secondary N) is 1. The molecule has 88 valence electrons. The molecule has 0 spiro atoms. The maximum absolute atomic E-state index is 10.9. The van der Waals surface area contributed by atoms with Gasteiger partial charge in [0.25, 0.3) is 0 Å². The Morgan fingerprint density at radius 1 is 1.69 bits per heavy atom. The number of carboxylic acids is 1. The number of rotatable bonds is 5. The quantitative estimate of drug-likeness (QED) is 0.878. The van der Waals surface area contributed by atoms with Crippen LogP contribution in [-0.2, 0) is 9.53 Å². The Morgan fingerprint density at radius 3 is 2.94 bits per heavy atom. The van der Waals surface area contributed by atoms with E-state index in [9.17, 15) is 4.79 Å². The first kappa shape index (κ1) is 13.3. The van der Waals surface area contributed by atoms with Gasteiger partial charge in [0, 0.05) is 11.6 Å². The van der Waals surface area contributed by atoms with E-state index in [-0.39, 0.29) is 6.61 Å². The first-order chi connectivity index (χ1) is 7.54. The van der Waals surface area contributed by atoms with Crippen molar-refractivity contribution in [2.75, 3.05) is 19.0 Å². The molecule has 2 N–H and O–H groups in total. The Hall–Kier alpha value is -0.780. The maximum atomic E-state index is 10.9. The van der Waals surface area contributed by atoms with E-state index >= 15 is 0 Å². The monoisotopic (exact) mass is 307 g/mol. The average molecular weight is 309 g/mol. The van der Waals surface area contributed by atoms with Crippen LogP contribution in [0.2, 0.25) is 5.02 Å². The van der Waals surface area contributed by atoms with Gasteiger partial charge >= 0.3 is 5.97 Å². The molecule has 1 unspecified atom stereocenters. The minimum Gasteiger partial charge on any atom is -0.480 e. The number of ether oxygens (including phenoxy) is 1. The fourth-order valence-electron chi connectivity index (χ4n) is 1.14. The molecule has 0 fully saturated rings. The van der Waals surface area contributed by atoms with Gasteiger partial charge in [-0.2, -0.15) is 0 Å². The van der Waals surface area contributed by atoms with Crippen LogP contribution in [-0.4, -0.2) is 30.8 Å². The Bertz CT molecular complexity index is 386. The maximum Gasteiger partial charge on any atom is 0.328 e. The molecule has 0 aliphatic heterocycles. The number of methoxy groups -OCH3 is 1. The van der Waals surface area contributed by atoms with Crippen molar-refractivity contribution in [3.05, 3.63) is 27.7 Å². The zero-order chi connectivity index (χ0) is 12.1. The molecule has 0 amide bonds. The van der Waals surface area contributed by atoms with Crippen molar-refractivity contribution >= 4 is 39.2 Å². The molecule has 0 heterocycles. The summed E-state index contributed by atoms with van der Waals surface area (Å²) >= 11 is 9.21. The van der Waals surface area contributed by atoms with Crippen LogP contribution in [0, 0.1) is 0 Å². The molecule has 4 nitrogen and oxygen atoms in total. The van der Waals surface area contributed by atoms with E-state index in [0.29, 0.717) is 10.7 Å². The number of hydrogen-bond donors (Lipinski definition) is 2. The first-order valence-electron chi connectivity index (χ1n) is 4.48. The second-order valence-electron chi connectivity index (χ2n) is 3.11. The smallest absolute Gasteiger partial charge is 0.328 e. The number of aliphatic carboxylic acids is 1. The Kier molecular flexibility index (Phi) is 5.05. The van der Waals surface area contributed by atoms with E-state index in [2.05, 4.69) is 21.2 Å². The van der Waals surface area contributed by atoms with Gasteiger partial charge in [0.15, 0.2) is 0 Å². The lowest BCUT2D eigenvalue weighted by Crippen LogP contribution is -2.33. The third kappa shape index (κ3) is 3.66. The largest absolute Gasteiger partial charge is 0.480 e. The van der Waals surface area contributed by atoms with E-state index in [4.69, 9.17) is 21.4 Å². The van der Waals surface area contributed by atoms with Crippen LogP contribution in [0.15, 0.2) is 22.7 Å². The zero-order valence-electron chi connectivity index (χ0n) is 8.54. The topological polar surface area (TPSA) is 58.6 Å². The number of carbonyl (C=O) groups is 1. The van der Waals surface area contributed by atoms with Crippen molar-refractivity contribution in [3.8, 4) is 0 Å². The van der Waals surface area contributed by atoms with Gasteiger partial charge in [-0.05, 0) is 18.2 Å². The summed E-state index contributed by atoms with van der Waals surface area (Å²) in [6, 6.07) is 4.35. The second-order valence-corrected chi connectivity index (χ2v) is 4.44. The van der Waals surface area contributed by atoms with Gasteiger partial charge in [0.2, 0.25) is 0 Å². The van der Waals surface area contributed by atoms with E-state index in [0.717, 1.165) is 4.47 Å². The fraction of sp³-hybridized carbons (Fsp3) is 0.300. The van der Waals surface area contributed by atoms with Crippen molar-refractivity contribution in [2.45, 2.75) is 6.04 Å². The van der Waals surface area contributed by atoms with E-state index in [1.807, 2.05) is 0 Å². The number of carboxylic acid groups (broad SMARTS) is 1. The highest BCUT2D eigenvalue weighted by Gasteiger charge is 2.17. The van der Waals surface area contributed by atoms with Crippen LogP contribution in [0.3, 0.4) is 0 Å². The number of anilines is 1. The summed E-state index contributed by atoms with van der Waals surface area (Å²) in [6.07, 6.45) is 0. The van der Waals surface area contributed by atoms with Gasteiger partial charge in [-0.15, -0.1) is 0 Å². The summed E-state index contributed by atoms with van der Waals surface area (Å²) in [5.74, 6) is -0.988.